The van der Waals surface area contributed by atoms with Crippen LogP contribution < -0.4 is 4.90 Å². The van der Waals surface area contributed by atoms with Gasteiger partial charge in [-0.15, -0.1) is 0 Å². The molecule has 0 aliphatic carbocycles. The molecule has 2 aromatic carbocycles. The molecular weight excluding hydrogens is 350 g/mol. The summed E-state index contributed by atoms with van der Waals surface area (Å²) in [6.45, 7) is 7.58. The van der Waals surface area contributed by atoms with Crippen molar-refractivity contribution in [1.82, 2.24) is 0 Å². The van der Waals surface area contributed by atoms with Crippen LogP contribution in [0.3, 0.4) is 0 Å². The quantitative estimate of drug-likeness (QED) is 0.556. The minimum absolute atomic E-state index is 0.296. The topological polar surface area (TPSA) is 65.7 Å². The zero-order valence-electron chi connectivity index (χ0n) is 16.4. The molecule has 0 aromatic heterocycles. The van der Waals surface area contributed by atoms with E-state index in [4.69, 9.17) is 10.00 Å². The normalized spacial score (nSPS) is 14.6. The molecule has 1 aliphatic heterocycles. The molecule has 0 spiro atoms. The molecule has 0 amide bonds. The summed E-state index contributed by atoms with van der Waals surface area (Å²) < 4.78 is 5.35. The molecule has 0 N–H and O–H groups in total. The Morgan fingerprint density at radius 2 is 2.04 bits per heavy atom. The van der Waals surface area contributed by atoms with E-state index in [0.717, 1.165) is 34.5 Å². The molecular formula is C23H23N3O2. The van der Waals surface area contributed by atoms with Gasteiger partial charge >= 0.3 is 5.97 Å². The second-order valence-corrected chi connectivity index (χ2v) is 6.73. The number of nitriles is 1. The van der Waals surface area contributed by atoms with Crippen molar-refractivity contribution in [2.24, 2.45) is 4.99 Å². The van der Waals surface area contributed by atoms with E-state index >= 15 is 0 Å². The fourth-order valence-corrected chi connectivity index (χ4v) is 3.13. The summed E-state index contributed by atoms with van der Waals surface area (Å²) in [4.78, 5) is 18.8. The van der Waals surface area contributed by atoms with Gasteiger partial charge in [0.25, 0.3) is 0 Å². The highest BCUT2D eigenvalue weighted by molar-refractivity contribution is 6.12. The molecule has 0 radical (unpaired) electrons. The molecule has 0 saturated carbocycles. The third-order valence-corrected chi connectivity index (χ3v) is 4.67. The second kappa shape index (κ2) is 8.53. The average Bonchev–Trinajstić information content (AvgIpc) is 3.05. The van der Waals surface area contributed by atoms with Crippen LogP contribution in [0.4, 0.5) is 5.69 Å². The number of ether oxygens (including phenoxy) is 1. The fraction of sp³-hybridized carbons (Fsp3) is 0.261. The molecule has 1 aliphatic rings. The summed E-state index contributed by atoms with van der Waals surface area (Å²) in [5, 5.41) is 8.82. The first-order valence-electron chi connectivity index (χ1n) is 9.34. The summed E-state index contributed by atoms with van der Waals surface area (Å²) in [6.07, 6.45) is 2.25. The van der Waals surface area contributed by atoms with Crippen LogP contribution in [0.2, 0.25) is 0 Å². The Hall–Kier alpha value is -3.39. The van der Waals surface area contributed by atoms with E-state index in [2.05, 4.69) is 29.0 Å². The van der Waals surface area contributed by atoms with Crippen LogP contribution in [0, 0.1) is 25.2 Å². The molecule has 5 nitrogen and oxygen atoms in total. The van der Waals surface area contributed by atoms with E-state index in [1.165, 1.54) is 0 Å². The lowest BCUT2D eigenvalue weighted by molar-refractivity contribution is -0.129. The number of carbonyl (C=O) groups is 1. The smallest absolute Gasteiger partial charge is 0.363 e. The lowest BCUT2D eigenvalue weighted by atomic mass is 10.1. The summed E-state index contributed by atoms with van der Waals surface area (Å²) in [7, 11) is 0. The summed E-state index contributed by atoms with van der Waals surface area (Å²) >= 11 is 0. The third kappa shape index (κ3) is 4.29. The first-order chi connectivity index (χ1) is 13.5. The molecule has 2 aromatic rings. The average molecular weight is 373 g/mol. The van der Waals surface area contributed by atoms with Crippen LogP contribution in [-0.2, 0) is 9.53 Å². The van der Waals surface area contributed by atoms with Gasteiger partial charge in [-0.3, -0.25) is 0 Å². The predicted molar refractivity (Wildman–Crippen MR) is 111 cm³/mol. The molecule has 0 atom stereocenters. The molecule has 1 heterocycles. The molecule has 0 fully saturated rings. The van der Waals surface area contributed by atoms with E-state index in [9.17, 15) is 4.79 Å². The number of rotatable bonds is 6. The van der Waals surface area contributed by atoms with Crippen LogP contribution in [0.5, 0.6) is 0 Å². The van der Waals surface area contributed by atoms with E-state index < -0.39 is 5.97 Å². The van der Waals surface area contributed by atoms with Crippen molar-refractivity contribution in [3.8, 4) is 6.07 Å². The number of aryl methyl sites for hydroxylation is 2. The lowest BCUT2D eigenvalue weighted by Gasteiger charge is -2.22. The number of benzene rings is 2. The van der Waals surface area contributed by atoms with Gasteiger partial charge in [0.2, 0.25) is 5.90 Å². The number of esters is 1. The fourth-order valence-electron chi connectivity index (χ4n) is 3.13. The highest BCUT2D eigenvalue weighted by Crippen LogP contribution is 2.24. The zero-order chi connectivity index (χ0) is 20.1. The summed E-state index contributed by atoms with van der Waals surface area (Å²) in [5.41, 5.74) is 5.19. The maximum Gasteiger partial charge on any atom is 0.363 e. The van der Waals surface area contributed by atoms with Gasteiger partial charge < -0.3 is 9.64 Å². The number of hydrogen-bond acceptors (Lipinski definition) is 5. The minimum Gasteiger partial charge on any atom is -0.402 e. The van der Waals surface area contributed by atoms with Crippen molar-refractivity contribution in [3.63, 3.8) is 0 Å². The Morgan fingerprint density at radius 1 is 1.21 bits per heavy atom. The van der Waals surface area contributed by atoms with Gasteiger partial charge in [-0.2, -0.15) is 5.26 Å². The Balaban J connectivity index is 1.86. The molecule has 3 rings (SSSR count). The summed E-state index contributed by atoms with van der Waals surface area (Å²) in [5.74, 6) is -0.105. The maximum absolute atomic E-state index is 12.3. The first-order valence-corrected chi connectivity index (χ1v) is 9.34. The van der Waals surface area contributed by atoms with Crippen molar-refractivity contribution >= 4 is 23.6 Å². The molecule has 5 heteroatoms. The number of cyclic esters (lactones) is 1. The van der Waals surface area contributed by atoms with Gasteiger partial charge in [0.05, 0.1) is 12.5 Å². The Morgan fingerprint density at radius 3 is 2.71 bits per heavy atom. The molecule has 142 valence electrons. The standard InChI is InChI=1S/C23H23N3O2/c1-4-26(12-6-11-24)20-10-9-18(17(3)14-20)15-21-23(27)28-22(25-21)19-8-5-7-16(2)13-19/h5,7-10,13-15H,4,6,12H2,1-3H3/b21-15-. The van der Waals surface area contributed by atoms with Crippen LogP contribution in [0.1, 0.15) is 35.6 Å². The maximum atomic E-state index is 12.3. The number of carbonyl (C=O) groups excluding carboxylic acids is 1. The Labute approximate surface area is 165 Å². The van der Waals surface area contributed by atoms with E-state index in [1.807, 2.05) is 50.2 Å². The van der Waals surface area contributed by atoms with E-state index in [-0.39, 0.29) is 0 Å². The van der Waals surface area contributed by atoms with Crippen LogP contribution in [-0.4, -0.2) is 25.0 Å². The molecule has 0 saturated heterocycles. The van der Waals surface area contributed by atoms with Crippen molar-refractivity contribution in [2.75, 3.05) is 18.0 Å². The lowest BCUT2D eigenvalue weighted by Crippen LogP contribution is -2.23. The third-order valence-electron chi connectivity index (χ3n) is 4.67. The molecule has 0 bridgehead atoms. The van der Waals surface area contributed by atoms with Gasteiger partial charge in [-0.25, -0.2) is 9.79 Å². The SMILES string of the molecule is CCN(CCC#N)c1ccc(/C=C2\N=C(c3cccc(C)c3)OC2=O)c(C)c1. The Kier molecular flexibility index (Phi) is 5.90. The largest absolute Gasteiger partial charge is 0.402 e. The van der Waals surface area contributed by atoms with Crippen LogP contribution in [0.25, 0.3) is 6.08 Å². The van der Waals surface area contributed by atoms with Gasteiger partial charge in [0.15, 0.2) is 5.70 Å². The predicted octanol–water partition coefficient (Wildman–Crippen LogP) is 4.39. The molecule has 0 unspecified atom stereocenters. The minimum atomic E-state index is -0.441. The zero-order valence-corrected chi connectivity index (χ0v) is 16.4. The van der Waals surface area contributed by atoms with Gasteiger partial charge in [0.1, 0.15) is 0 Å². The number of nitrogens with zero attached hydrogens (tertiary/aromatic N) is 3. The highest BCUT2D eigenvalue weighted by Gasteiger charge is 2.24. The van der Waals surface area contributed by atoms with Crippen LogP contribution in [0.15, 0.2) is 53.2 Å². The second-order valence-electron chi connectivity index (χ2n) is 6.73. The van der Waals surface area contributed by atoms with Gasteiger partial charge in [-0.05, 0) is 62.2 Å². The first kappa shape index (κ1) is 19.4. The van der Waals surface area contributed by atoms with Crippen molar-refractivity contribution in [3.05, 3.63) is 70.4 Å². The van der Waals surface area contributed by atoms with E-state index in [1.54, 1.807) is 6.08 Å². The monoisotopic (exact) mass is 373 g/mol. The van der Waals surface area contributed by atoms with E-state index in [0.29, 0.717) is 24.6 Å². The number of aliphatic imine (C=N–C) groups is 1. The van der Waals surface area contributed by atoms with Crippen molar-refractivity contribution < 1.29 is 9.53 Å². The Bertz CT molecular complexity index is 999. The summed E-state index contributed by atoms with van der Waals surface area (Å²) in [6, 6.07) is 15.9. The number of anilines is 1. The highest BCUT2D eigenvalue weighted by atomic mass is 16.6. The van der Waals surface area contributed by atoms with Crippen LogP contribution >= 0.6 is 0 Å². The molecule has 28 heavy (non-hydrogen) atoms. The van der Waals surface area contributed by atoms with Gasteiger partial charge in [-0.1, -0.05) is 23.8 Å². The van der Waals surface area contributed by atoms with Crippen molar-refractivity contribution in [1.29, 1.82) is 5.26 Å². The van der Waals surface area contributed by atoms with Gasteiger partial charge in [0, 0.05) is 24.3 Å². The van der Waals surface area contributed by atoms with Crippen molar-refractivity contribution in [2.45, 2.75) is 27.2 Å². The number of hydrogen-bond donors (Lipinski definition) is 0.